The predicted molar refractivity (Wildman–Crippen MR) is 71.1 cm³/mol. The second-order valence-corrected chi connectivity index (χ2v) is 4.34. The van der Waals surface area contributed by atoms with Crippen molar-refractivity contribution in [1.82, 2.24) is 10.3 Å². The van der Waals surface area contributed by atoms with Gasteiger partial charge in [0, 0.05) is 19.0 Å². The summed E-state index contributed by atoms with van der Waals surface area (Å²) in [6.07, 6.45) is 6.22. The molecule has 0 aromatic carbocycles. The summed E-state index contributed by atoms with van der Waals surface area (Å²) in [4.78, 5) is 4.26. The highest BCUT2D eigenvalue weighted by Gasteiger charge is 2.21. The molecule has 2 atom stereocenters. The molecule has 0 saturated heterocycles. The Morgan fingerprint density at radius 1 is 1.35 bits per heavy atom. The van der Waals surface area contributed by atoms with Gasteiger partial charge in [0.25, 0.3) is 0 Å². The van der Waals surface area contributed by atoms with Crippen LogP contribution in [-0.4, -0.2) is 24.7 Å². The summed E-state index contributed by atoms with van der Waals surface area (Å²) in [7, 11) is 1.98. The minimum atomic E-state index is 0.221. The molecule has 2 unspecified atom stereocenters. The van der Waals surface area contributed by atoms with Crippen molar-refractivity contribution in [3.63, 3.8) is 0 Å². The number of ether oxygens (including phenoxy) is 1. The van der Waals surface area contributed by atoms with E-state index in [0.717, 1.165) is 19.4 Å². The third-order valence-corrected chi connectivity index (χ3v) is 2.89. The zero-order valence-electron chi connectivity index (χ0n) is 11.4. The number of aromatic nitrogens is 1. The number of pyridine rings is 1. The van der Waals surface area contributed by atoms with Gasteiger partial charge in [-0.05, 0) is 38.4 Å². The summed E-state index contributed by atoms with van der Waals surface area (Å²) < 4.78 is 5.84. The van der Waals surface area contributed by atoms with Crippen LogP contribution in [0.2, 0.25) is 0 Å². The van der Waals surface area contributed by atoms with Gasteiger partial charge in [0.05, 0.1) is 12.1 Å². The number of hydrogen-bond donors (Lipinski definition) is 1. The van der Waals surface area contributed by atoms with Gasteiger partial charge < -0.3 is 10.1 Å². The monoisotopic (exact) mass is 236 g/mol. The van der Waals surface area contributed by atoms with E-state index in [0.29, 0.717) is 0 Å². The molecule has 1 N–H and O–H groups in total. The summed E-state index contributed by atoms with van der Waals surface area (Å²) in [6.45, 7) is 7.05. The number of rotatable bonds is 7. The SMILES string of the molecule is CCCC(OCC)C(NC)c1cncc(C)c1. The van der Waals surface area contributed by atoms with E-state index < -0.39 is 0 Å². The first-order valence-electron chi connectivity index (χ1n) is 6.43. The third kappa shape index (κ3) is 4.10. The Balaban J connectivity index is 2.87. The quantitative estimate of drug-likeness (QED) is 0.790. The predicted octanol–water partition coefficient (Wildman–Crippen LogP) is 2.86. The summed E-state index contributed by atoms with van der Waals surface area (Å²) in [5, 5.41) is 3.35. The summed E-state index contributed by atoms with van der Waals surface area (Å²) in [5.74, 6) is 0. The molecule has 3 heteroatoms. The molecule has 0 spiro atoms. The van der Waals surface area contributed by atoms with Crippen LogP contribution >= 0.6 is 0 Å². The van der Waals surface area contributed by atoms with E-state index in [-0.39, 0.29) is 12.1 Å². The lowest BCUT2D eigenvalue weighted by Crippen LogP contribution is -2.32. The van der Waals surface area contributed by atoms with Gasteiger partial charge in [-0.1, -0.05) is 19.4 Å². The highest BCUT2D eigenvalue weighted by atomic mass is 16.5. The van der Waals surface area contributed by atoms with Crippen molar-refractivity contribution in [2.75, 3.05) is 13.7 Å². The van der Waals surface area contributed by atoms with E-state index in [1.54, 1.807) is 0 Å². The fourth-order valence-electron chi connectivity index (χ4n) is 2.16. The van der Waals surface area contributed by atoms with Gasteiger partial charge >= 0.3 is 0 Å². The first-order valence-corrected chi connectivity index (χ1v) is 6.43. The van der Waals surface area contributed by atoms with E-state index in [4.69, 9.17) is 4.74 Å². The molecule has 17 heavy (non-hydrogen) atoms. The lowest BCUT2D eigenvalue weighted by Gasteiger charge is -2.26. The maximum Gasteiger partial charge on any atom is 0.0769 e. The van der Waals surface area contributed by atoms with Gasteiger partial charge in [-0.2, -0.15) is 0 Å². The Morgan fingerprint density at radius 2 is 2.12 bits per heavy atom. The smallest absolute Gasteiger partial charge is 0.0769 e. The largest absolute Gasteiger partial charge is 0.377 e. The Kier molecular flexibility index (Phi) is 6.16. The van der Waals surface area contributed by atoms with Crippen LogP contribution in [0.5, 0.6) is 0 Å². The van der Waals surface area contributed by atoms with E-state index in [1.807, 2.05) is 26.4 Å². The van der Waals surface area contributed by atoms with Gasteiger partial charge in [0.1, 0.15) is 0 Å². The first-order chi connectivity index (χ1) is 8.22. The van der Waals surface area contributed by atoms with Crippen LogP contribution in [0.15, 0.2) is 18.5 Å². The lowest BCUT2D eigenvalue weighted by atomic mass is 9.99. The van der Waals surface area contributed by atoms with Crippen LogP contribution < -0.4 is 5.32 Å². The standard InChI is InChI=1S/C14H24N2O/c1-5-7-13(17-6-2)14(15-4)12-8-11(3)9-16-10-12/h8-10,13-15H,5-7H2,1-4H3. The van der Waals surface area contributed by atoms with Crippen LogP contribution in [-0.2, 0) is 4.74 Å². The molecule has 96 valence electrons. The molecule has 3 nitrogen and oxygen atoms in total. The second-order valence-electron chi connectivity index (χ2n) is 4.34. The van der Waals surface area contributed by atoms with Crippen LogP contribution in [0.4, 0.5) is 0 Å². The molecule has 0 bridgehead atoms. The molecule has 0 aliphatic carbocycles. The Bertz CT molecular complexity index is 322. The summed E-state index contributed by atoms with van der Waals surface area (Å²) in [5.41, 5.74) is 2.40. The molecule has 0 saturated carbocycles. The van der Waals surface area contributed by atoms with Crippen molar-refractivity contribution in [3.05, 3.63) is 29.6 Å². The number of hydrogen-bond acceptors (Lipinski definition) is 3. The number of aryl methyl sites for hydroxylation is 1. The Labute approximate surface area is 105 Å². The molecule has 1 aromatic rings. The van der Waals surface area contributed by atoms with Gasteiger partial charge in [0.2, 0.25) is 0 Å². The van der Waals surface area contributed by atoms with Crippen LogP contribution in [0.3, 0.4) is 0 Å². The van der Waals surface area contributed by atoms with E-state index in [2.05, 4.69) is 30.2 Å². The normalized spacial score (nSPS) is 14.6. The maximum absolute atomic E-state index is 5.84. The van der Waals surface area contributed by atoms with Gasteiger partial charge in [0.15, 0.2) is 0 Å². The molecule has 0 radical (unpaired) electrons. The first kappa shape index (κ1) is 14.1. The Hall–Kier alpha value is -0.930. The highest BCUT2D eigenvalue weighted by Crippen LogP contribution is 2.22. The van der Waals surface area contributed by atoms with Crippen LogP contribution in [0.1, 0.15) is 43.9 Å². The van der Waals surface area contributed by atoms with E-state index in [9.17, 15) is 0 Å². The lowest BCUT2D eigenvalue weighted by molar-refractivity contribution is 0.0294. The summed E-state index contributed by atoms with van der Waals surface area (Å²) >= 11 is 0. The summed E-state index contributed by atoms with van der Waals surface area (Å²) in [6, 6.07) is 2.40. The molecular formula is C14H24N2O. The highest BCUT2D eigenvalue weighted by molar-refractivity contribution is 5.21. The van der Waals surface area contributed by atoms with Crippen LogP contribution in [0, 0.1) is 6.92 Å². The maximum atomic E-state index is 5.84. The van der Waals surface area contributed by atoms with Crippen molar-refractivity contribution >= 4 is 0 Å². The molecule has 0 fully saturated rings. The third-order valence-electron chi connectivity index (χ3n) is 2.89. The molecule has 0 aliphatic rings. The minimum Gasteiger partial charge on any atom is -0.377 e. The van der Waals surface area contributed by atoms with E-state index >= 15 is 0 Å². The van der Waals surface area contributed by atoms with Gasteiger partial charge in [-0.15, -0.1) is 0 Å². The fourth-order valence-corrected chi connectivity index (χ4v) is 2.16. The Morgan fingerprint density at radius 3 is 2.65 bits per heavy atom. The molecule has 0 amide bonds. The zero-order valence-corrected chi connectivity index (χ0v) is 11.4. The topological polar surface area (TPSA) is 34.1 Å². The molecule has 1 rings (SSSR count). The average molecular weight is 236 g/mol. The molecular weight excluding hydrogens is 212 g/mol. The van der Waals surface area contributed by atoms with Crippen molar-refractivity contribution in [3.8, 4) is 0 Å². The van der Waals surface area contributed by atoms with Crippen molar-refractivity contribution in [2.45, 2.75) is 45.8 Å². The van der Waals surface area contributed by atoms with Crippen molar-refractivity contribution < 1.29 is 4.74 Å². The van der Waals surface area contributed by atoms with Crippen molar-refractivity contribution in [1.29, 1.82) is 0 Å². The van der Waals surface area contributed by atoms with Gasteiger partial charge in [-0.25, -0.2) is 0 Å². The van der Waals surface area contributed by atoms with Gasteiger partial charge in [-0.3, -0.25) is 4.98 Å². The number of nitrogens with one attached hydrogen (secondary N) is 1. The minimum absolute atomic E-state index is 0.221. The molecule has 1 heterocycles. The van der Waals surface area contributed by atoms with Crippen LogP contribution in [0.25, 0.3) is 0 Å². The molecule has 0 aliphatic heterocycles. The second kappa shape index (κ2) is 7.41. The fraction of sp³-hybridized carbons (Fsp3) is 0.643. The molecule has 1 aromatic heterocycles. The van der Waals surface area contributed by atoms with E-state index in [1.165, 1.54) is 11.1 Å². The number of nitrogens with zero attached hydrogens (tertiary/aromatic N) is 1. The average Bonchev–Trinajstić information content (AvgIpc) is 2.31. The number of likely N-dealkylation sites (N-methyl/N-ethyl adjacent to an activating group) is 1. The van der Waals surface area contributed by atoms with Crippen molar-refractivity contribution in [2.24, 2.45) is 0 Å². The zero-order chi connectivity index (χ0) is 12.7.